The Morgan fingerprint density at radius 1 is 1.50 bits per heavy atom. The van der Waals surface area contributed by atoms with Gasteiger partial charge in [-0.1, -0.05) is 13.8 Å². The van der Waals surface area contributed by atoms with E-state index in [1.54, 1.807) is 0 Å². The van der Waals surface area contributed by atoms with Crippen molar-refractivity contribution in [3.8, 4) is 0 Å². The van der Waals surface area contributed by atoms with Crippen molar-refractivity contribution >= 4 is 0 Å². The van der Waals surface area contributed by atoms with Gasteiger partial charge in [-0.25, -0.2) is 0 Å². The zero-order valence-corrected chi connectivity index (χ0v) is 6.80. The van der Waals surface area contributed by atoms with Crippen LogP contribution < -0.4 is 5.32 Å². The summed E-state index contributed by atoms with van der Waals surface area (Å²) in [6.45, 7) is 5.31. The van der Waals surface area contributed by atoms with Crippen molar-refractivity contribution < 1.29 is 5.11 Å². The Hall–Kier alpha value is -0.0800. The van der Waals surface area contributed by atoms with Crippen LogP contribution in [0.2, 0.25) is 0 Å². The summed E-state index contributed by atoms with van der Waals surface area (Å²) in [5.41, 5.74) is 0. The highest BCUT2D eigenvalue weighted by atomic mass is 16.3. The molecule has 1 fully saturated rings. The number of hydrogen-bond acceptors (Lipinski definition) is 2. The molecule has 1 aliphatic rings. The number of rotatable bonds is 1. The van der Waals surface area contributed by atoms with E-state index in [0.717, 1.165) is 6.54 Å². The fourth-order valence-electron chi connectivity index (χ4n) is 1.59. The predicted molar refractivity (Wildman–Crippen MR) is 41.6 cm³/mol. The van der Waals surface area contributed by atoms with Gasteiger partial charge in [-0.15, -0.1) is 0 Å². The Morgan fingerprint density at radius 2 is 2.20 bits per heavy atom. The Labute approximate surface area is 62.6 Å². The standard InChI is InChI=1S/C8H17NO/c1-6(2)7-4-3-5-9-8(7)10/h6-10H,3-5H2,1-2H3. The van der Waals surface area contributed by atoms with Crippen molar-refractivity contribution in [3.63, 3.8) is 0 Å². The molecule has 0 amide bonds. The van der Waals surface area contributed by atoms with Gasteiger partial charge in [0.25, 0.3) is 0 Å². The normalized spacial score (nSPS) is 34.8. The lowest BCUT2D eigenvalue weighted by atomic mass is 9.87. The minimum atomic E-state index is -0.256. The van der Waals surface area contributed by atoms with Gasteiger partial charge in [0.1, 0.15) is 6.23 Å². The molecule has 0 radical (unpaired) electrons. The summed E-state index contributed by atoms with van der Waals surface area (Å²) >= 11 is 0. The molecular formula is C8H17NO. The third-order valence-electron chi connectivity index (χ3n) is 2.33. The largest absolute Gasteiger partial charge is 0.378 e. The number of piperidine rings is 1. The highest BCUT2D eigenvalue weighted by Gasteiger charge is 2.24. The van der Waals surface area contributed by atoms with E-state index in [1.807, 2.05) is 0 Å². The average Bonchev–Trinajstić information content (AvgIpc) is 1.88. The van der Waals surface area contributed by atoms with Crippen molar-refractivity contribution in [2.75, 3.05) is 6.54 Å². The Morgan fingerprint density at radius 3 is 2.60 bits per heavy atom. The van der Waals surface area contributed by atoms with Crippen LogP contribution in [0.3, 0.4) is 0 Å². The van der Waals surface area contributed by atoms with E-state index in [-0.39, 0.29) is 6.23 Å². The second kappa shape index (κ2) is 3.35. The molecule has 2 heteroatoms. The summed E-state index contributed by atoms with van der Waals surface area (Å²) in [6, 6.07) is 0. The van der Waals surface area contributed by atoms with Gasteiger partial charge in [0.2, 0.25) is 0 Å². The maximum absolute atomic E-state index is 9.43. The van der Waals surface area contributed by atoms with Crippen molar-refractivity contribution in [1.82, 2.24) is 5.32 Å². The van der Waals surface area contributed by atoms with E-state index < -0.39 is 0 Å². The molecule has 2 N–H and O–H groups in total. The number of aliphatic hydroxyl groups is 1. The van der Waals surface area contributed by atoms with Gasteiger partial charge < -0.3 is 5.11 Å². The first-order valence-electron chi connectivity index (χ1n) is 4.13. The van der Waals surface area contributed by atoms with E-state index in [0.29, 0.717) is 11.8 Å². The van der Waals surface area contributed by atoms with Crippen LogP contribution in [0, 0.1) is 11.8 Å². The molecule has 2 nitrogen and oxygen atoms in total. The van der Waals surface area contributed by atoms with Gasteiger partial charge in [0.15, 0.2) is 0 Å². The Kier molecular flexibility index (Phi) is 2.69. The molecular weight excluding hydrogens is 126 g/mol. The second-order valence-corrected chi connectivity index (χ2v) is 3.45. The summed E-state index contributed by atoms with van der Waals surface area (Å²) < 4.78 is 0. The van der Waals surface area contributed by atoms with Crippen LogP contribution in [-0.2, 0) is 0 Å². The van der Waals surface area contributed by atoms with Crippen molar-refractivity contribution in [3.05, 3.63) is 0 Å². The maximum Gasteiger partial charge on any atom is 0.107 e. The lowest BCUT2D eigenvalue weighted by Gasteiger charge is -2.31. The first-order chi connectivity index (χ1) is 4.72. The second-order valence-electron chi connectivity index (χ2n) is 3.45. The predicted octanol–water partition coefficient (Wildman–Crippen LogP) is 0.960. The van der Waals surface area contributed by atoms with Gasteiger partial charge in [0.05, 0.1) is 0 Å². The number of aliphatic hydroxyl groups excluding tert-OH is 1. The Bertz CT molecular complexity index is 103. The molecule has 0 bridgehead atoms. The minimum absolute atomic E-state index is 0.256. The highest BCUT2D eigenvalue weighted by molar-refractivity contribution is 4.75. The van der Waals surface area contributed by atoms with Gasteiger partial charge in [-0.2, -0.15) is 0 Å². The molecule has 0 saturated carbocycles. The van der Waals surface area contributed by atoms with Gasteiger partial charge in [-0.05, 0) is 25.3 Å². The molecule has 0 aromatic carbocycles. The van der Waals surface area contributed by atoms with E-state index in [2.05, 4.69) is 19.2 Å². The molecule has 10 heavy (non-hydrogen) atoms. The molecule has 2 atom stereocenters. The monoisotopic (exact) mass is 143 g/mol. The third-order valence-corrected chi connectivity index (χ3v) is 2.33. The number of hydrogen-bond donors (Lipinski definition) is 2. The zero-order chi connectivity index (χ0) is 7.56. The average molecular weight is 143 g/mol. The molecule has 0 spiro atoms. The lowest BCUT2D eigenvalue weighted by Crippen LogP contribution is -2.43. The van der Waals surface area contributed by atoms with Gasteiger partial charge in [0, 0.05) is 5.92 Å². The smallest absolute Gasteiger partial charge is 0.107 e. The van der Waals surface area contributed by atoms with Crippen LogP contribution in [0.1, 0.15) is 26.7 Å². The van der Waals surface area contributed by atoms with E-state index in [4.69, 9.17) is 0 Å². The van der Waals surface area contributed by atoms with Crippen LogP contribution in [0.5, 0.6) is 0 Å². The fourth-order valence-corrected chi connectivity index (χ4v) is 1.59. The first-order valence-corrected chi connectivity index (χ1v) is 4.13. The quantitative estimate of drug-likeness (QED) is 0.573. The van der Waals surface area contributed by atoms with Crippen LogP contribution in [-0.4, -0.2) is 17.9 Å². The third kappa shape index (κ3) is 1.70. The van der Waals surface area contributed by atoms with E-state index >= 15 is 0 Å². The molecule has 1 aliphatic heterocycles. The molecule has 0 aromatic rings. The summed E-state index contributed by atoms with van der Waals surface area (Å²) in [6.07, 6.45) is 2.12. The molecule has 1 rings (SSSR count). The molecule has 0 aliphatic carbocycles. The first kappa shape index (κ1) is 8.02. The van der Waals surface area contributed by atoms with Crippen LogP contribution in [0.25, 0.3) is 0 Å². The molecule has 60 valence electrons. The minimum Gasteiger partial charge on any atom is -0.378 e. The van der Waals surface area contributed by atoms with E-state index in [1.165, 1.54) is 12.8 Å². The van der Waals surface area contributed by atoms with Crippen molar-refractivity contribution in [2.45, 2.75) is 32.9 Å². The van der Waals surface area contributed by atoms with Crippen molar-refractivity contribution in [1.29, 1.82) is 0 Å². The summed E-state index contributed by atoms with van der Waals surface area (Å²) in [5, 5.41) is 12.5. The summed E-state index contributed by atoms with van der Waals surface area (Å²) in [7, 11) is 0. The van der Waals surface area contributed by atoms with Crippen LogP contribution in [0.15, 0.2) is 0 Å². The number of nitrogens with one attached hydrogen (secondary N) is 1. The summed E-state index contributed by atoms with van der Waals surface area (Å²) in [4.78, 5) is 0. The topological polar surface area (TPSA) is 32.3 Å². The van der Waals surface area contributed by atoms with Crippen LogP contribution >= 0.6 is 0 Å². The molecule has 1 saturated heterocycles. The molecule has 2 unspecified atom stereocenters. The van der Waals surface area contributed by atoms with Gasteiger partial charge in [-0.3, -0.25) is 5.32 Å². The van der Waals surface area contributed by atoms with Gasteiger partial charge >= 0.3 is 0 Å². The van der Waals surface area contributed by atoms with Crippen molar-refractivity contribution in [2.24, 2.45) is 11.8 Å². The molecule has 0 aromatic heterocycles. The molecule has 1 heterocycles. The van der Waals surface area contributed by atoms with Crippen LogP contribution in [0.4, 0.5) is 0 Å². The highest BCUT2D eigenvalue weighted by Crippen LogP contribution is 2.22. The van der Waals surface area contributed by atoms with E-state index in [9.17, 15) is 5.11 Å². The lowest BCUT2D eigenvalue weighted by molar-refractivity contribution is 0.0271. The SMILES string of the molecule is CC(C)C1CCCNC1O. The fraction of sp³-hybridized carbons (Fsp3) is 1.00. The Balaban J connectivity index is 2.40. The zero-order valence-electron chi connectivity index (χ0n) is 6.80. The maximum atomic E-state index is 9.43. The summed E-state index contributed by atoms with van der Waals surface area (Å²) in [5.74, 6) is 1.07.